The van der Waals surface area contributed by atoms with Crippen LogP contribution in [-0.2, 0) is 13.2 Å². The van der Waals surface area contributed by atoms with Crippen molar-refractivity contribution in [1.82, 2.24) is 15.0 Å². The highest BCUT2D eigenvalue weighted by Gasteiger charge is 2.22. The van der Waals surface area contributed by atoms with Crippen molar-refractivity contribution in [3.63, 3.8) is 0 Å². The van der Waals surface area contributed by atoms with E-state index in [4.69, 9.17) is 28.4 Å². The van der Waals surface area contributed by atoms with Crippen molar-refractivity contribution < 1.29 is 33.2 Å². The Bertz CT molecular complexity index is 1460. The van der Waals surface area contributed by atoms with Crippen LogP contribution in [0.15, 0.2) is 60.9 Å². The normalized spacial score (nSPS) is 11.6. The minimum Gasteiger partial charge on any atom is -0.493 e. The molecule has 2 aromatic heterocycles. The molecule has 2 aromatic carbocycles. The molecule has 0 bridgehead atoms. The Balaban J connectivity index is 1.45. The van der Waals surface area contributed by atoms with E-state index in [0.717, 1.165) is 5.56 Å². The summed E-state index contributed by atoms with van der Waals surface area (Å²) in [5, 5.41) is 3.24. The molecule has 0 amide bonds. The van der Waals surface area contributed by atoms with Gasteiger partial charge in [0, 0.05) is 24.5 Å². The Kier molecular flexibility index (Phi) is 7.58. The Labute approximate surface area is 224 Å². The molecule has 0 unspecified atom stereocenters. The van der Waals surface area contributed by atoms with Crippen LogP contribution in [0.1, 0.15) is 27.2 Å². The zero-order valence-electron chi connectivity index (χ0n) is 21.6. The van der Waals surface area contributed by atoms with Gasteiger partial charge in [-0.25, -0.2) is 4.98 Å². The lowest BCUT2D eigenvalue weighted by Gasteiger charge is -2.15. The smallest absolute Gasteiger partial charge is 0.318 e. The minimum atomic E-state index is -0.348. The van der Waals surface area contributed by atoms with Crippen molar-refractivity contribution in [2.24, 2.45) is 0 Å². The van der Waals surface area contributed by atoms with Gasteiger partial charge >= 0.3 is 6.01 Å². The molecule has 5 rings (SSSR count). The number of carbonyl (C=O) groups excluding carboxylic acids is 1. The van der Waals surface area contributed by atoms with Crippen LogP contribution >= 0.6 is 0 Å². The third-order valence-corrected chi connectivity index (χ3v) is 5.91. The predicted molar refractivity (Wildman–Crippen MR) is 140 cm³/mol. The van der Waals surface area contributed by atoms with E-state index in [1.165, 1.54) is 27.5 Å². The number of ketones is 1. The molecule has 1 aliphatic heterocycles. The van der Waals surface area contributed by atoms with Gasteiger partial charge in [-0.3, -0.25) is 9.78 Å². The molecule has 1 N–H and O–H groups in total. The van der Waals surface area contributed by atoms with Crippen LogP contribution < -0.4 is 33.7 Å². The Morgan fingerprint density at radius 1 is 0.949 bits per heavy atom. The number of pyridine rings is 1. The first-order valence-electron chi connectivity index (χ1n) is 12.0. The van der Waals surface area contributed by atoms with E-state index >= 15 is 0 Å². The summed E-state index contributed by atoms with van der Waals surface area (Å²) in [5.74, 6) is 2.37. The quantitative estimate of drug-likeness (QED) is 0.283. The van der Waals surface area contributed by atoms with E-state index in [9.17, 15) is 4.79 Å². The molecule has 11 heteroatoms. The number of benzene rings is 2. The monoisotopic (exact) mass is 530 g/mol. The van der Waals surface area contributed by atoms with Gasteiger partial charge in [-0.1, -0.05) is 12.1 Å². The van der Waals surface area contributed by atoms with Gasteiger partial charge in [-0.05, 0) is 42.0 Å². The van der Waals surface area contributed by atoms with Crippen LogP contribution in [0.4, 0.5) is 5.82 Å². The number of hydrogen-bond acceptors (Lipinski definition) is 11. The number of rotatable bonds is 11. The molecular weight excluding hydrogens is 504 g/mol. The number of aromatic nitrogens is 3. The van der Waals surface area contributed by atoms with Crippen molar-refractivity contribution >= 4 is 11.6 Å². The summed E-state index contributed by atoms with van der Waals surface area (Å²) in [7, 11) is 4.47. The van der Waals surface area contributed by atoms with Gasteiger partial charge < -0.3 is 33.7 Å². The number of hydrogen-bond donors (Lipinski definition) is 1. The standard InChI is InChI=1S/C28H26N4O7/c1-34-23-11-18(12-24(35-2)26(23)36-3)25(33)20-14-31-28(37-15-19-6-4-5-9-29-19)32-27(20)30-13-17-7-8-21-22(10-17)39-16-38-21/h4-12,14H,13,15-16H2,1-3H3,(H,30,31,32). The zero-order chi connectivity index (χ0) is 27.2. The maximum absolute atomic E-state index is 13.7. The van der Waals surface area contributed by atoms with Crippen molar-refractivity contribution in [3.8, 4) is 34.8 Å². The topological polar surface area (TPSA) is 123 Å². The third kappa shape index (κ3) is 5.61. The van der Waals surface area contributed by atoms with Crippen LogP contribution in [-0.4, -0.2) is 48.9 Å². The van der Waals surface area contributed by atoms with E-state index < -0.39 is 0 Å². The average Bonchev–Trinajstić information content (AvgIpc) is 3.46. The van der Waals surface area contributed by atoms with Crippen LogP contribution in [0.3, 0.4) is 0 Å². The zero-order valence-corrected chi connectivity index (χ0v) is 21.6. The summed E-state index contributed by atoms with van der Waals surface area (Å²) in [6, 6.07) is 14.4. The van der Waals surface area contributed by atoms with Gasteiger partial charge in [0.2, 0.25) is 12.5 Å². The Hall–Kier alpha value is -5.06. The molecule has 200 valence electrons. The number of methoxy groups -OCH3 is 3. The summed E-state index contributed by atoms with van der Waals surface area (Å²) in [6.45, 7) is 0.702. The first-order valence-corrected chi connectivity index (χ1v) is 12.0. The van der Waals surface area contributed by atoms with Crippen molar-refractivity contribution in [2.75, 3.05) is 33.4 Å². The summed E-state index contributed by atoms with van der Waals surface area (Å²) < 4.78 is 32.8. The van der Waals surface area contributed by atoms with Crippen LogP contribution in [0.2, 0.25) is 0 Å². The molecular formula is C28H26N4O7. The molecule has 0 fully saturated rings. The van der Waals surface area contributed by atoms with E-state index in [0.29, 0.717) is 46.5 Å². The number of carbonyl (C=O) groups is 1. The number of nitrogens with one attached hydrogen (secondary N) is 1. The second-order valence-electron chi connectivity index (χ2n) is 8.31. The molecule has 3 heterocycles. The van der Waals surface area contributed by atoms with Crippen molar-refractivity contribution in [1.29, 1.82) is 0 Å². The highest BCUT2D eigenvalue weighted by molar-refractivity contribution is 6.12. The molecule has 0 aliphatic carbocycles. The fraction of sp³-hybridized carbons (Fsp3) is 0.214. The van der Waals surface area contributed by atoms with Crippen LogP contribution in [0.5, 0.6) is 34.8 Å². The summed E-state index contributed by atoms with van der Waals surface area (Å²) in [5.41, 5.74) is 2.16. The van der Waals surface area contributed by atoms with E-state index in [1.54, 1.807) is 18.3 Å². The lowest BCUT2D eigenvalue weighted by atomic mass is 10.0. The number of ether oxygens (including phenoxy) is 6. The lowest BCUT2D eigenvalue weighted by molar-refractivity contribution is 0.103. The second kappa shape index (κ2) is 11.5. The van der Waals surface area contributed by atoms with Crippen molar-refractivity contribution in [3.05, 3.63) is 83.3 Å². The van der Waals surface area contributed by atoms with Gasteiger partial charge in [-0.15, -0.1) is 0 Å². The molecule has 1 aliphatic rings. The molecule has 39 heavy (non-hydrogen) atoms. The third-order valence-electron chi connectivity index (χ3n) is 5.91. The van der Waals surface area contributed by atoms with E-state index in [1.807, 2.05) is 36.4 Å². The molecule has 0 radical (unpaired) electrons. The van der Waals surface area contributed by atoms with Gasteiger partial charge in [0.05, 0.1) is 32.6 Å². The highest BCUT2D eigenvalue weighted by Crippen LogP contribution is 2.39. The van der Waals surface area contributed by atoms with Gasteiger partial charge in [0.1, 0.15) is 12.4 Å². The molecule has 0 atom stereocenters. The van der Waals surface area contributed by atoms with Gasteiger partial charge in [0.15, 0.2) is 28.8 Å². The van der Waals surface area contributed by atoms with Crippen molar-refractivity contribution in [2.45, 2.75) is 13.2 Å². The predicted octanol–water partition coefficient (Wildman–Crippen LogP) is 4.05. The number of fused-ring (bicyclic) bond motifs is 1. The Morgan fingerprint density at radius 3 is 2.46 bits per heavy atom. The second-order valence-corrected chi connectivity index (χ2v) is 8.31. The molecule has 4 aromatic rings. The summed E-state index contributed by atoms with van der Waals surface area (Å²) in [6.07, 6.45) is 3.10. The first-order chi connectivity index (χ1) is 19.1. The fourth-order valence-corrected chi connectivity index (χ4v) is 3.96. The van der Waals surface area contributed by atoms with Crippen LogP contribution in [0, 0.1) is 0 Å². The average molecular weight is 531 g/mol. The maximum Gasteiger partial charge on any atom is 0.318 e. The lowest BCUT2D eigenvalue weighted by Crippen LogP contribution is -2.13. The maximum atomic E-state index is 13.7. The van der Waals surface area contributed by atoms with E-state index in [2.05, 4.69) is 20.3 Å². The first kappa shape index (κ1) is 25.6. The largest absolute Gasteiger partial charge is 0.493 e. The fourth-order valence-electron chi connectivity index (χ4n) is 3.96. The molecule has 11 nitrogen and oxygen atoms in total. The van der Waals surface area contributed by atoms with Gasteiger partial charge in [0.25, 0.3) is 0 Å². The Morgan fingerprint density at radius 2 is 1.74 bits per heavy atom. The van der Waals surface area contributed by atoms with Crippen LogP contribution in [0.25, 0.3) is 0 Å². The summed E-state index contributed by atoms with van der Waals surface area (Å²) in [4.78, 5) is 26.7. The van der Waals surface area contributed by atoms with Gasteiger partial charge in [-0.2, -0.15) is 4.98 Å². The molecule has 0 saturated carbocycles. The number of nitrogens with zero attached hydrogens (tertiary/aromatic N) is 3. The highest BCUT2D eigenvalue weighted by atomic mass is 16.7. The van der Waals surface area contributed by atoms with E-state index in [-0.39, 0.29) is 36.6 Å². The summed E-state index contributed by atoms with van der Waals surface area (Å²) >= 11 is 0. The molecule has 0 spiro atoms. The number of anilines is 1. The SMILES string of the molecule is COc1cc(C(=O)c2cnc(OCc3ccccn3)nc2NCc2ccc3c(c2)OCO3)cc(OC)c1OC. The molecule has 0 saturated heterocycles. The minimum absolute atomic E-state index is 0.0929.